The number of hydrogen-bond acceptors (Lipinski definition) is 3. The topological polar surface area (TPSA) is 32.8 Å². The number of benzene rings is 1. The van der Waals surface area contributed by atoms with Crippen LogP contribution < -0.4 is 4.74 Å². The van der Waals surface area contributed by atoms with E-state index in [1.165, 1.54) is 6.07 Å². The van der Waals surface area contributed by atoms with Gasteiger partial charge in [0.25, 0.3) is 5.91 Å². The van der Waals surface area contributed by atoms with Crippen LogP contribution >= 0.6 is 0 Å². The minimum absolute atomic E-state index is 0.0604. The van der Waals surface area contributed by atoms with E-state index in [0.29, 0.717) is 0 Å². The molecule has 22 heavy (non-hydrogen) atoms. The molecule has 2 rings (SSSR count). The standard InChI is InChI=1S/C17H25FN2O2/c1-13(22-16-10-5-4-9-15(16)18)17(21)20-11-7-6-8-14(20)12-19(2)3/h4-5,9-10,13-14H,6-8,11-12H2,1-3H3/t13-,14-/m1/s1. The number of rotatable bonds is 5. The molecule has 1 saturated heterocycles. The van der Waals surface area contributed by atoms with Crippen molar-refractivity contribution in [1.82, 2.24) is 9.80 Å². The zero-order valence-corrected chi connectivity index (χ0v) is 13.6. The number of nitrogens with zero attached hydrogens (tertiary/aromatic N) is 2. The maximum absolute atomic E-state index is 13.6. The first-order valence-electron chi connectivity index (χ1n) is 7.85. The Morgan fingerprint density at radius 2 is 2.14 bits per heavy atom. The van der Waals surface area contributed by atoms with Gasteiger partial charge in [0.1, 0.15) is 0 Å². The molecule has 4 nitrogen and oxygen atoms in total. The van der Waals surface area contributed by atoms with Gasteiger partial charge in [-0.1, -0.05) is 12.1 Å². The molecule has 0 aliphatic carbocycles. The average molecular weight is 308 g/mol. The van der Waals surface area contributed by atoms with E-state index in [2.05, 4.69) is 4.90 Å². The van der Waals surface area contributed by atoms with E-state index in [4.69, 9.17) is 4.74 Å². The van der Waals surface area contributed by atoms with E-state index in [0.717, 1.165) is 32.4 Å². The largest absolute Gasteiger partial charge is 0.478 e. The summed E-state index contributed by atoms with van der Waals surface area (Å²) in [5, 5.41) is 0. The normalized spacial score (nSPS) is 20.0. The highest BCUT2D eigenvalue weighted by Gasteiger charge is 2.31. The highest BCUT2D eigenvalue weighted by atomic mass is 19.1. The van der Waals surface area contributed by atoms with Gasteiger partial charge in [0.05, 0.1) is 0 Å². The van der Waals surface area contributed by atoms with E-state index < -0.39 is 11.9 Å². The number of piperidine rings is 1. The minimum atomic E-state index is -0.681. The van der Waals surface area contributed by atoms with Gasteiger partial charge in [0, 0.05) is 19.1 Å². The summed E-state index contributed by atoms with van der Waals surface area (Å²) in [5.41, 5.74) is 0. The first kappa shape index (κ1) is 16.7. The van der Waals surface area contributed by atoms with Crippen molar-refractivity contribution < 1.29 is 13.9 Å². The predicted molar refractivity (Wildman–Crippen MR) is 84.4 cm³/mol. The molecule has 1 aromatic carbocycles. The van der Waals surface area contributed by atoms with Gasteiger partial charge in [-0.05, 0) is 52.4 Å². The minimum Gasteiger partial charge on any atom is -0.478 e. The maximum Gasteiger partial charge on any atom is 0.263 e. The number of hydrogen-bond donors (Lipinski definition) is 0. The number of carbonyl (C=O) groups excluding carboxylic acids is 1. The fourth-order valence-corrected chi connectivity index (χ4v) is 2.92. The molecule has 1 amide bonds. The Morgan fingerprint density at radius 3 is 2.82 bits per heavy atom. The summed E-state index contributed by atoms with van der Waals surface area (Å²) in [6, 6.07) is 6.40. The van der Waals surface area contributed by atoms with Gasteiger partial charge in [-0.15, -0.1) is 0 Å². The lowest BCUT2D eigenvalue weighted by Gasteiger charge is -2.38. The first-order chi connectivity index (χ1) is 10.5. The highest BCUT2D eigenvalue weighted by molar-refractivity contribution is 5.81. The summed E-state index contributed by atoms with van der Waals surface area (Å²) in [4.78, 5) is 16.7. The number of amides is 1. The molecule has 1 aromatic rings. The molecule has 1 aliphatic rings. The summed E-state index contributed by atoms with van der Waals surface area (Å²) >= 11 is 0. The van der Waals surface area contributed by atoms with Crippen molar-refractivity contribution in [3.8, 4) is 5.75 Å². The van der Waals surface area contributed by atoms with Crippen LogP contribution in [0.2, 0.25) is 0 Å². The van der Waals surface area contributed by atoms with E-state index in [9.17, 15) is 9.18 Å². The van der Waals surface area contributed by atoms with Crippen molar-refractivity contribution in [3.63, 3.8) is 0 Å². The molecule has 5 heteroatoms. The van der Waals surface area contributed by atoms with Gasteiger partial charge in [0.15, 0.2) is 17.7 Å². The Kier molecular flexibility index (Phi) is 5.77. The summed E-state index contributed by atoms with van der Waals surface area (Å²) in [6.45, 7) is 3.29. The second-order valence-electron chi connectivity index (χ2n) is 6.13. The zero-order valence-electron chi connectivity index (χ0n) is 13.6. The average Bonchev–Trinajstić information content (AvgIpc) is 2.49. The Hall–Kier alpha value is -1.62. The molecule has 0 spiro atoms. The number of ether oxygens (including phenoxy) is 1. The van der Waals surface area contributed by atoms with Crippen molar-refractivity contribution in [3.05, 3.63) is 30.1 Å². The molecule has 2 atom stereocenters. The third-order valence-corrected chi connectivity index (χ3v) is 3.97. The summed E-state index contributed by atoms with van der Waals surface area (Å²) in [7, 11) is 4.02. The fourth-order valence-electron chi connectivity index (χ4n) is 2.92. The highest BCUT2D eigenvalue weighted by Crippen LogP contribution is 2.21. The first-order valence-corrected chi connectivity index (χ1v) is 7.85. The Balaban J connectivity index is 2.03. The lowest BCUT2D eigenvalue weighted by atomic mass is 10.0. The van der Waals surface area contributed by atoms with Gasteiger partial charge in [-0.2, -0.15) is 0 Å². The zero-order chi connectivity index (χ0) is 16.1. The second kappa shape index (κ2) is 7.58. The van der Waals surface area contributed by atoms with Crippen molar-refractivity contribution >= 4 is 5.91 Å². The van der Waals surface area contributed by atoms with E-state index in [1.807, 2.05) is 19.0 Å². The molecule has 0 saturated carbocycles. The third kappa shape index (κ3) is 4.19. The number of carbonyl (C=O) groups is 1. The quantitative estimate of drug-likeness (QED) is 0.838. The Labute approximate surface area is 131 Å². The molecule has 0 unspecified atom stereocenters. The van der Waals surface area contributed by atoms with Gasteiger partial charge >= 0.3 is 0 Å². The summed E-state index contributed by atoms with van der Waals surface area (Å²) < 4.78 is 19.2. The van der Waals surface area contributed by atoms with Crippen LogP contribution in [-0.2, 0) is 4.79 Å². The van der Waals surface area contributed by atoms with E-state index in [-0.39, 0.29) is 17.7 Å². The van der Waals surface area contributed by atoms with Gasteiger partial charge < -0.3 is 14.5 Å². The van der Waals surface area contributed by atoms with Crippen LogP contribution in [0.3, 0.4) is 0 Å². The molecule has 1 heterocycles. The lowest BCUT2D eigenvalue weighted by molar-refractivity contribution is -0.142. The maximum atomic E-state index is 13.6. The molecule has 0 bridgehead atoms. The van der Waals surface area contributed by atoms with Crippen LogP contribution in [0.25, 0.3) is 0 Å². The van der Waals surface area contributed by atoms with Gasteiger partial charge in [-0.25, -0.2) is 4.39 Å². The van der Waals surface area contributed by atoms with Crippen molar-refractivity contribution in [2.24, 2.45) is 0 Å². The monoisotopic (exact) mass is 308 g/mol. The molecule has 1 aliphatic heterocycles. The molecular formula is C17H25FN2O2. The van der Waals surface area contributed by atoms with E-state index in [1.54, 1.807) is 25.1 Å². The predicted octanol–water partition coefficient (Wildman–Crippen LogP) is 2.54. The smallest absolute Gasteiger partial charge is 0.263 e. The number of para-hydroxylation sites is 1. The van der Waals surface area contributed by atoms with Crippen LogP contribution in [0.4, 0.5) is 4.39 Å². The van der Waals surface area contributed by atoms with Crippen molar-refractivity contribution in [2.75, 3.05) is 27.2 Å². The Bertz CT molecular complexity index is 507. The molecule has 122 valence electrons. The van der Waals surface area contributed by atoms with Crippen molar-refractivity contribution in [2.45, 2.75) is 38.3 Å². The van der Waals surface area contributed by atoms with Crippen LogP contribution in [0, 0.1) is 5.82 Å². The van der Waals surface area contributed by atoms with Crippen LogP contribution in [0.15, 0.2) is 24.3 Å². The van der Waals surface area contributed by atoms with Crippen molar-refractivity contribution in [1.29, 1.82) is 0 Å². The Morgan fingerprint density at radius 1 is 1.41 bits per heavy atom. The number of halogens is 1. The summed E-state index contributed by atoms with van der Waals surface area (Å²) in [5.74, 6) is -0.370. The third-order valence-electron chi connectivity index (χ3n) is 3.97. The molecule has 0 N–H and O–H groups in total. The second-order valence-corrected chi connectivity index (χ2v) is 6.13. The van der Waals surface area contributed by atoms with Gasteiger partial charge in [-0.3, -0.25) is 4.79 Å². The fraction of sp³-hybridized carbons (Fsp3) is 0.588. The molecular weight excluding hydrogens is 283 g/mol. The van der Waals surface area contributed by atoms with Crippen LogP contribution in [-0.4, -0.2) is 55.0 Å². The molecule has 1 fully saturated rings. The van der Waals surface area contributed by atoms with Crippen LogP contribution in [0.1, 0.15) is 26.2 Å². The molecule has 0 aromatic heterocycles. The van der Waals surface area contributed by atoms with E-state index >= 15 is 0 Å². The summed E-state index contributed by atoms with van der Waals surface area (Å²) in [6.07, 6.45) is 2.49. The SMILES string of the molecule is C[C@@H](Oc1ccccc1F)C(=O)N1CCCC[C@@H]1CN(C)C. The molecule has 0 radical (unpaired) electrons. The lowest BCUT2D eigenvalue weighted by Crippen LogP contribution is -2.52. The number of likely N-dealkylation sites (N-methyl/N-ethyl adjacent to an activating group) is 1. The van der Waals surface area contributed by atoms with Gasteiger partial charge in [0.2, 0.25) is 0 Å². The number of likely N-dealkylation sites (tertiary alicyclic amines) is 1. The van der Waals surface area contributed by atoms with Crippen LogP contribution in [0.5, 0.6) is 5.75 Å².